The van der Waals surface area contributed by atoms with E-state index in [1.165, 1.54) is 0 Å². The molecular weight excluding hydrogens is 248 g/mol. The van der Waals surface area contributed by atoms with Gasteiger partial charge in [0.25, 0.3) is 0 Å². The van der Waals surface area contributed by atoms with Crippen LogP contribution in [0.15, 0.2) is 30.5 Å². The van der Waals surface area contributed by atoms with E-state index in [4.69, 9.17) is 5.73 Å². The number of hydrogen-bond acceptors (Lipinski definition) is 2. The molecule has 1 heterocycles. The fourth-order valence-corrected chi connectivity index (χ4v) is 2.23. The van der Waals surface area contributed by atoms with Crippen molar-refractivity contribution in [2.75, 3.05) is 0 Å². The molecular formula is C14H19ClN2O. The van der Waals surface area contributed by atoms with E-state index in [-0.39, 0.29) is 24.4 Å². The van der Waals surface area contributed by atoms with Gasteiger partial charge in [-0.1, -0.05) is 31.5 Å². The Morgan fingerprint density at radius 1 is 1.39 bits per heavy atom. The molecule has 0 unspecified atom stereocenters. The highest BCUT2D eigenvalue weighted by atomic mass is 35.5. The second-order valence-electron chi connectivity index (χ2n) is 4.39. The van der Waals surface area contributed by atoms with Gasteiger partial charge in [-0.15, -0.1) is 12.4 Å². The molecule has 0 spiro atoms. The van der Waals surface area contributed by atoms with Crippen molar-refractivity contribution in [1.29, 1.82) is 0 Å². The first kappa shape index (κ1) is 14.7. The summed E-state index contributed by atoms with van der Waals surface area (Å²) in [6, 6.07) is 7.91. The van der Waals surface area contributed by atoms with Crippen molar-refractivity contribution in [3.05, 3.63) is 36.0 Å². The molecule has 3 nitrogen and oxygen atoms in total. The minimum atomic E-state index is 0. The van der Waals surface area contributed by atoms with Crippen LogP contribution in [0.4, 0.5) is 0 Å². The maximum Gasteiger partial charge on any atom is 0.227 e. The normalized spacial score (nSPS) is 12.2. The van der Waals surface area contributed by atoms with E-state index in [2.05, 4.69) is 6.92 Å². The zero-order valence-corrected chi connectivity index (χ0v) is 11.5. The Kier molecular flexibility index (Phi) is 4.93. The summed E-state index contributed by atoms with van der Waals surface area (Å²) in [6.45, 7) is 3.69. The molecule has 18 heavy (non-hydrogen) atoms. The van der Waals surface area contributed by atoms with E-state index in [9.17, 15) is 4.79 Å². The Labute approximate surface area is 113 Å². The van der Waals surface area contributed by atoms with Gasteiger partial charge in [0.05, 0.1) is 5.52 Å². The summed E-state index contributed by atoms with van der Waals surface area (Å²) < 4.78 is 1.68. The number of carbonyl (C=O) groups is 1. The molecule has 2 N–H and O–H groups in total. The summed E-state index contributed by atoms with van der Waals surface area (Å²) in [7, 11) is 0. The molecule has 0 aliphatic rings. The lowest BCUT2D eigenvalue weighted by Gasteiger charge is -2.08. The molecule has 0 saturated carbocycles. The van der Waals surface area contributed by atoms with E-state index in [0.717, 1.165) is 29.3 Å². The highest BCUT2D eigenvalue weighted by molar-refractivity contribution is 5.93. The lowest BCUT2D eigenvalue weighted by Crippen LogP contribution is -2.09. The molecule has 2 rings (SSSR count). The van der Waals surface area contributed by atoms with Crippen molar-refractivity contribution in [3.8, 4) is 0 Å². The van der Waals surface area contributed by atoms with Crippen LogP contribution in [0.1, 0.15) is 43.1 Å². The summed E-state index contributed by atoms with van der Waals surface area (Å²) in [5.41, 5.74) is 8.17. The summed E-state index contributed by atoms with van der Waals surface area (Å²) in [5.74, 6) is 0.0242. The van der Waals surface area contributed by atoms with E-state index >= 15 is 0 Å². The lowest BCUT2D eigenvalue weighted by molar-refractivity contribution is 0.0941. The Morgan fingerprint density at radius 2 is 2.06 bits per heavy atom. The van der Waals surface area contributed by atoms with Crippen LogP contribution in [0.25, 0.3) is 10.9 Å². The Hall–Kier alpha value is -1.32. The summed E-state index contributed by atoms with van der Waals surface area (Å²) >= 11 is 0. The number of fused-ring (bicyclic) bond motifs is 1. The van der Waals surface area contributed by atoms with Crippen molar-refractivity contribution in [2.24, 2.45) is 5.73 Å². The number of benzene rings is 1. The first-order valence-electron chi connectivity index (χ1n) is 6.01. The molecule has 1 aromatic heterocycles. The second kappa shape index (κ2) is 6.03. The topological polar surface area (TPSA) is 48.0 Å². The average Bonchev–Trinajstić information content (AvgIpc) is 2.69. The van der Waals surface area contributed by atoms with Gasteiger partial charge in [0.2, 0.25) is 5.91 Å². The summed E-state index contributed by atoms with van der Waals surface area (Å²) in [6.07, 6.45) is 3.86. The van der Waals surface area contributed by atoms with Gasteiger partial charge in [-0.25, -0.2) is 0 Å². The largest absolute Gasteiger partial charge is 0.324 e. The van der Waals surface area contributed by atoms with Gasteiger partial charge in [0.15, 0.2) is 0 Å². The third-order valence-electron chi connectivity index (χ3n) is 3.08. The minimum absolute atomic E-state index is 0. The minimum Gasteiger partial charge on any atom is -0.324 e. The fourth-order valence-electron chi connectivity index (χ4n) is 2.23. The van der Waals surface area contributed by atoms with Crippen LogP contribution in [0.5, 0.6) is 0 Å². The first-order chi connectivity index (χ1) is 8.15. The molecule has 4 heteroatoms. The summed E-state index contributed by atoms with van der Waals surface area (Å²) in [5, 5.41) is 1.09. The maximum absolute atomic E-state index is 11.6. The number of nitrogens with zero attached hydrogens (tertiary/aromatic N) is 1. The predicted molar refractivity (Wildman–Crippen MR) is 77.3 cm³/mol. The molecule has 0 aliphatic carbocycles. The van der Waals surface area contributed by atoms with Crippen LogP contribution < -0.4 is 5.73 Å². The molecule has 98 valence electrons. The van der Waals surface area contributed by atoms with E-state index in [0.29, 0.717) is 0 Å². The molecule has 1 aromatic carbocycles. The average molecular weight is 267 g/mol. The predicted octanol–water partition coefficient (Wildman–Crippen LogP) is 3.52. The smallest absolute Gasteiger partial charge is 0.227 e. The van der Waals surface area contributed by atoms with Gasteiger partial charge in [-0.05, 0) is 18.1 Å². The standard InChI is InChI=1S/C14H18N2O.ClH/c1-3-6-13(15)12-9-16(10(2)17)14-8-5-4-7-11(12)14;/h4-5,7-9,13H,3,6,15H2,1-2H3;1H/t13-;/m0./s1. The summed E-state index contributed by atoms with van der Waals surface area (Å²) in [4.78, 5) is 11.6. The highest BCUT2D eigenvalue weighted by Crippen LogP contribution is 2.27. The zero-order valence-electron chi connectivity index (χ0n) is 10.7. The highest BCUT2D eigenvalue weighted by Gasteiger charge is 2.15. The van der Waals surface area contributed by atoms with Gasteiger partial charge in [-0.2, -0.15) is 0 Å². The number of carbonyl (C=O) groups excluding carboxylic acids is 1. The molecule has 0 fully saturated rings. The lowest BCUT2D eigenvalue weighted by atomic mass is 10.0. The van der Waals surface area contributed by atoms with Gasteiger partial charge in [0, 0.05) is 24.5 Å². The van der Waals surface area contributed by atoms with Gasteiger partial charge in [-0.3, -0.25) is 9.36 Å². The van der Waals surface area contributed by atoms with Crippen LogP contribution in [0, 0.1) is 0 Å². The third-order valence-corrected chi connectivity index (χ3v) is 3.08. The molecule has 0 radical (unpaired) electrons. The van der Waals surface area contributed by atoms with Crippen molar-refractivity contribution >= 4 is 29.2 Å². The van der Waals surface area contributed by atoms with Crippen molar-refractivity contribution in [3.63, 3.8) is 0 Å². The van der Waals surface area contributed by atoms with Crippen molar-refractivity contribution in [1.82, 2.24) is 4.57 Å². The van der Waals surface area contributed by atoms with Crippen LogP contribution in [0.2, 0.25) is 0 Å². The maximum atomic E-state index is 11.6. The third kappa shape index (κ3) is 2.57. The van der Waals surface area contributed by atoms with E-state index < -0.39 is 0 Å². The molecule has 0 bridgehead atoms. The molecule has 0 aliphatic heterocycles. The molecule has 0 saturated heterocycles. The molecule has 0 amide bonds. The molecule has 1 atom stereocenters. The van der Waals surface area contributed by atoms with Crippen LogP contribution >= 0.6 is 12.4 Å². The number of nitrogens with two attached hydrogens (primary N) is 1. The number of para-hydroxylation sites is 1. The van der Waals surface area contributed by atoms with Gasteiger partial charge in [0.1, 0.15) is 0 Å². The van der Waals surface area contributed by atoms with Gasteiger partial charge < -0.3 is 5.73 Å². The van der Waals surface area contributed by atoms with Crippen LogP contribution in [0.3, 0.4) is 0 Å². The van der Waals surface area contributed by atoms with Crippen molar-refractivity contribution < 1.29 is 4.79 Å². The van der Waals surface area contributed by atoms with Crippen molar-refractivity contribution in [2.45, 2.75) is 32.7 Å². The zero-order chi connectivity index (χ0) is 12.4. The van der Waals surface area contributed by atoms with Gasteiger partial charge >= 0.3 is 0 Å². The fraction of sp³-hybridized carbons (Fsp3) is 0.357. The monoisotopic (exact) mass is 266 g/mol. The quantitative estimate of drug-likeness (QED) is 0.924. The number of hydrogen-bond donors (Lipinski definition) is 1. The first-order valence-corrected chi connectivity index (χ1v) is 6.01. The van der Waals surface area contributed by atoms with E-state index in [1.54, 1.807) is 11.5 Å². The Balaban J connectivity index is 0.00000162. The Bertz CT molecular complexity index is 548. The second-order valence-corrected chi connectivity index (χ2v) is 4.39. The molecule has 2 aromatic rings. The number of halogens is 1. The Morgan fingerprint density at radius 3 is 2.67 bits per heavy atom. The number of aromatic nitrogens is 1. The van der Waals surface area contributed by atoms with Crippen LogP contribution in [-0.4, -0.2) is 10.5 Å². The van der Waals surface area contributed by atoms with E-state index in [1.807, 2.05) is 30.5 Å². The van der Waals surface area contributed by atoms with Crippen LogP contribution in [-0.2, 0) is 0 Å². The SMILES string of the molecule is CCC[C@H](N)c1cn(C(C)=O)c2ccccc12.Cl. The number of rotatable bonds is 3.